The largest absolute Gasteiger partial charge is 0.378 e. The van der Waals surface area contributed by atoms with Crippen molar-refractivity contribution < 1.29 is 14.5 Å². The lowest BCUT2D eigenvalue weighted by Crippen LogP contribution is -2.45. The van der Waals surface area contributed by atoms with Crippen molar-refractivity contribution in [1.82, 2.24) is 5.32 Å². The average molecular weight is 432 g/mol. The molecule has 8 nitrogen and oxygen atoms in total. The number of benzene rings is 3. The van der Waals surface area contributed by atoms with Crippen LogP contribution >= 0.6 is 0 Å². The van der Waals surface area contributed by atoms with Crippen LogP contribution in [0, 0.1) is 10.1 Å². The Morgan fingerprint density at radius 3 is 2.12 bits per heavy atom. The van der Waals surface area contributed by atoms with Gasteiger partial charge in [-0.15, -0.1) is 0 Å². The quantitative estimate of drug-likeness (QED) is 0.418. The summed E-state index contributed by atoms with van der Waals surface area (Å²) in [5.41, 5.74) is 2.62. The Morgan fingerprint density at radius 1 is 0.938 bits per heavy atom. The smallest absolute Gasteiger partial charge is 0.269 e. The molecule has 0 aliphatic rings. The predicted molar refractivity (Wildman–Crippen MR) is 124 cm³/mol. The number of carbonyl (C=O) groups excluding carboxylic acids is 2. The summed E-state index contributed by atoms with van der Waals surface area (Å²) in [7, 11) is 3.82. The molecule has 0 aliphatic heterocycles. The van der Waals surface area contributed by atoms with Gasteiger partial charge in [-0.3, -0.25) is 19.7 Å². The first-order valence-corrected chi connectivity index (χ1v) is 10.0. The summed E-state index contributed by atoms with van der Waals surface area (Å²) in [5.74, 6) is -0.781. The van der Waals surface area contributed by atoms with Gasteiger partial charge in [0.25, 0.3) is 11.6 Å². The Balaban J connectivity index is 1.77. The number of nitro groups is 1. The van der Waals surface area contributed by atoms with Crippen LogP contribution in [-0.4, -0.2) is 36.9 Å². The summed E-state index contributed by atoms with van der Waals surface area (Å²) in [5, 5.41) is 16.4. The summed E-state index contributed by atoms with van der Waals surface area (Å²) in [6.45, 7) is 0. The van der Waals surface area contributed by atoms with Gasteiger partial charge in [0.2, 0.25) is 5.91 Å². The SMILES string of the molecule is CN(C)c1ccc(C(=O)N[C@@H](Cc2ccccc2)C(=O)Nc2ccc([N+](=O)[O-])cc2)cc1. The van der Waals surface area contributed by atoms with Gasteiger partial charge in [0.05, 0.1) is 4.92 Å². The summed E-state index contributed by atoms with van der Waals surface area (Å²) < 4.78 is 0. The molecule has 0 unspecified atom stereocenters. The van der Waals surface area contributed by atoms with Crippen LogP contribution in [0.5, 0.6) is 0 Å². The summed E-state index contributed by atoms with van der Waals surface area (Å²) in [6, 6.07) is 21.1. The lowest BCUT2D eigenvalue weighted by molar-refractivity contribution is -0.384. The van der Waals surface area contributed by atoms with Crippen molar-refractivity contribution in [2.24, 2.45) is 0 Å². The van der Waals surface area contributed by atoms with E-state index in [1.807, 2.05) is 61.5 Å². The number of carbonyl (C=O) groups is 2. The zero-order valence-electron chi connectivity index (χ0n) is 17.8. The fourth-order valence-electron chi connectivity index (χ4n) is 3.11. The third kappa shape index (κ3) is 5.91. The summed E-state index contributed by atoms with van der Waals surface area (Å²) in [4.78, 5) is 38.1. The molecule has 3 aromatic carbocycles. The van der Waals surface area contributed by atoms with Gasteiger partial charge in [0.15, 0.2) is 0 Å². The van der Waals surface area contributed by atoms with Crippen LogP contribution < -0.4 is 15.5 Å². The zero-order chi connectivity index (χ0) is 23.1. The van der Waals surface area contributed by atoms with Gasteiger partial charge in [-0.05, 0) is 42.0 Å². The van der Waals surface area contributed by atoms with Crippen LogP contribution in [0.1, 0.15) is 15.9 Å². The standard InChI is InChI=1S/C24H24N4O4/c1-27(2)20-12-8-18(9-13-20)23(29)26-22(16-17-6-4-3-5-7-17)24(30)25-19-10-14-21(15-11-19)28(31)32/h3-15,22H,16H2,1-2H3,(H,25,30)(H,26,29)/t22-/m0/s1. The lowest BCUT2D eigenvalue weighted by atomic mass is 10.0. The van der Waals surface area contributed by atoms with Gasteiger partial charge >= 0.3 is 0 Å². The van der Waals surface area contributed by atoms with E-state index in [4.69, 9.17) is 0 Å². The highest BCUT2D eigenvalue weighted by Gasteiger charge is 2.22. The van der Waals surface area contributed by atoms with Crippen molar-refractivity contribution in [1.29, 1.82) is 0 Å². The van der Waals surface area contributed by atoms with Crippen molar-refractivity contribution in [3.05, 3.63) is 100 Å². The summed E-state index contributed by atoms with van der Waals surface area (Å²) >= 11 is 0. The molecule has 0 spiro atoms. The normalized spacial score (nSPS) is 11.3. The molecule has 0 aliphatic carbocycles. The minimum Gasteiger partial charge on any atom is -0.378 e. The van der Waals surface area contributed by atoms with Crippen molar-refractivity contribution >= 4 is 28.9 Å². The molecule has 1 atom stereocenters. The van der Waals surface area contributed by atoms with E-state index in [0.29, 0.717) is 17.7 Å². The number of anilines is 2. The van der Waals surface area contributed by atoms with Crippen LogP contribution in [0.25, 0.3) is 0 Å². The maximum Gasteiger partial charge on any atom is 0.269 e. The molecule has 0 saturated heterocycles. The minimum atomic E-state index is -0.839. The fourth-order valence-corrected chi connectivity index (χ4v) is 3.11. The molecule has 0 saturated carbocycles. The van der Waals surface area contributed by atoms with E-state index in [0.717, 1.165) is 11.3 Å². The second-order valence-electron chi connectivity index (χ2n) is 7.45. The molecule has 0 fully saturated rings. The van der Waals surface area contributed by atoms with Crippen LogP contribution in [0.2, 0.25) is 0 Å². The van der Waals surface area contributed by atoms with E-state index in [1.54, 1.807) is 12.1 Å². The summed E-state index contributed by atoms with van der Waals surface area (Å²) in [6.07, 6.45) is 0.293. The Bertz CT molecular complexity index is 1080. The van der Waals surface area contributed by atoms with E-state index in [1.165, 1.54) is 24.3 Å². The first kappa shape index (κ1) is 22.5. The molecule has 32 heavy (non-hydrogen) atoms. The fraction of sp³-hybridized carbons (Fsp3) is 0.167. The van der Waals surface area contributed by atoms with Crippen molar-refractivity contribution in [3.8, 4) is 0 Å². The molecule has 3 rings (SSSR count). The van der Waals surface area contributed by atoms with Gasteiger partial charge in [-0.25, -0.2) is 0 Å². The predicted octanol–water partition coefficient (Wildman–Crippen LogP) is 3.64. The number of hydrogen-bond acceptors (Lipinski definition) is 5. The minimum absolute atomic E-state index is 0.0710. The molecule has 0 aromatic heterocycles. The highest BCUT2D eigenvalue weighted by molar-refractivity contribution is 6.01. The van der Waals surface area contributed by atoms with E-state index >= 15 is 0 Å². The Morgan fingerprint density at radius 2 is 1.56 bits per heavy atom. The molecule has 2 N–H and O–H groups in total. The number of amides is 2. The van der Waals surface area contributed by atoms with Gasteiger partial charge in [-0.2, -0.15) is 0 Å². The second-order valence-corrected chi connectivity index (χ2v) is 7.45. The lowest BCUT2D eigenvalue weighted by Gasteiger charge is -2.19. The van der Waals surface area contributed by atoms with Gasteiger partial charge < -0.3 is 15.5 Å². The first-order valence-electron chi connectivity index (χ1n) is 10.0. The Hall–Kier alpha value is -4.20. The highest BCUT2D eigenvalue weighted by atomic mass is 16.6. The first-order chi connectivity index (χ1) is 15.3. The van der Waals surface area contributed by atoms with E-state index in [2.05, 4.69) is 10.6 Å². The average Bonchev–Trinajstić information content (AvgIpc) is 2.79. The third-order valence-corrected chi connectivity index (χ3v) is 4.90. The Labute approximate surface area is 186 Å². The van der Waals surface area contributed by atoms with Crippen molar-refractivity contribution in [2.45, 2.75) is 12.5 Å². The van der Waals surface area contributed by atoms with Crippen molar-refractivity contribution in [3.63, 3.8) is 0 Å². The molecule has 8 heteroatoms. The van der Waals surface area contributed by atoms with Crippen molar-refractivity contribution in [2.75, 3.05) is 24.3 Å². The molecular formula is C24H24N4O4. The maximum atomic E-state index is 13.0. The second kappa shape index (κ2) is 10.2. The van der Waals surface area contributed by atoms with Crippen LogP contribution in [0.3, 0.4) is 0 Å². The van der Waals surface area contributed by atoms with Crippen LogP contribution in [0.15, 0.2) is 78.9 Å². The number of non-ortho nitro benzene ring substituents is 1. The molecule has 3 aromatic rings. The Kier molecular flexibility index (Phi) is 7.17. The van der Waals surface area contributed by atoms with E-state index in [-0.39, 0.29) is 11.6 Å². The molecule has 0 radical (unpaired) electrons. The molecule has 164 valence electrons. The zero-order valence-corrected chi connectivity index (χ0v) is 17.8. The van der Waals surface area contributed by atoms with Gasteiger partial charge in [0, 0.05) is 49.6 Å². The topological polar surface area (TPSA) is 105 Å². The number of nitrogens with zero attached hydrogens (tertiary/aromatic N) is 2. The highest BCUT2D eigenvalue weighted by Crippen LogP contribution is 2.17. The number of hydrogen-bond donors (Lipinski definition) is 2. The molecule has 2 amide bonds. The van der Waals surface area contributed by atoms with Gasteiger partial charge in [0.1, 0.15) is 6.04 Å². The van der Waals surface area contributed by atoms with Crippen LogP contribution in [-0.2, 0) is 11.2 Å². The molecule has 0 bridgehead atoms. The number of nitrogens with one attached hydrogen (secondary N) is 2. The van der Waals surface area contributed by atoms with Gasteiger partial charge in [-0.1, -0.05) is 30.3 Å². The molecular weight excluding hydrogens is 408 g/mol. The van der Waals surface area contributed by atoms with E-state index in [9.17, 15) is 19.7 Å². The monoisotopic (exact) mass is 432 g/mol. The van der Waals surface area contributed by atoms with Crippen LogP contribution in [0.4, 0.5) is 17.1 Å². The molecule has 0 heterocycles. The maximum absolute atomic E-state index is 13.0. The number of nitro benzene ring substituents is 1. The third-order valence-electron chi connectivity index (χ3n) is 4.90. The van der Waals surface area contributed by atoms with E-state index < -0.39 is 16.9 Å². The number of rotatable bonds is 8.